The molecular weight excluding hydrogens is 277 g/mol. The van der Waals surface area contributed by atoms with E-state index in [1.165, 1.54) is 6.07 Å². The number of rotatable bonds is 7. The van der Waals surface area contributed by atoms with Gasteiger partial charge < -0.3 is 10.1 Å². The SMILES string of the molecule is CCCNC(COC(C)(C)C)Cc1c(F)cccc1Cl. The van der Waals surface area contributed by atoms with Gasteiger partial charge in [-0.25, -0.2) is 4.39 Å². The van der Waals surface area contributed by atoms with E-state index in [0.717, 1.165) is 13.0 Å². The molecule has 1 aromatic rings. The van der Waals surface area contributed by atoms with E-state index in [0.29, 0.717) is 23.6 Å². The van der Waals surface area contributed by atoms with E-state index in [-0.39, 0.29) is 17.5 Å². The maximum atomic E-state index is 13.9. The summed E-state index contributed by atoms with van der Waals surface area (Å²) in [5.74, 6) is -0.253. The molecule has 0 spiro atoms. The zero-order valence-corrected chi connectivity index (χ0v) is 13.6. The summed E-state index contributed by atoms with van der Waals surface area (Å²) in [6, 6.07) is 4.86. The van der Waals surface area contributed by atoms with Crippen LogP contribution < -0.4 is 5.32 Å². The van der Waals surface area contributed by atoms with Crippen molar-refractivity contribution in [1.82, 2.24) is 5.32 Å². The number of benzene rings is 1. The van der Waals surface area contributed by atoms with E-state index in [2.05, 4.69) is 12.2 Å². The second-order valence-electron chi connectivity index (χ2n) is 5.98. The van der Waals surface area contributed by atoms with Gasteiger partial charge in [-0.15, -0.1) is 0 Å². The Morgan fingerprint density at radius 3 is 2.60 bits per heavy atom. The van der Waals surface area contributed by atoms with Crippen molar-refractivity contribution in [2.24, 2.45) is 0 Å². The fraction of sp³-hybridized carbons (Fsp3) is 0.625. The number of nitrogens with one attached hydrogen (secondary N) is 1. The highest BCUT2D eigenvalue weighted by Gasteiger charge is 2.18. The van der Waals surface area contributed by atoms with Gasteiger partial charge in [-0.3, -0.25) is 0 Å². The average molecular weight is 302 g/mol. The van der Waals surface area contributed by atoms with Crippen LogP contribution in [0.1, 0.15) is 39.7 Å². The summed E-state index contributed by atoms with van der Waals surface area (Å²) in [7, 11) is 0. The lowest BCUT2D eigenvalue weighted by atomic mass is 10.0. The molecule has 2 nitrogen and oxygen atoms in total. The lowest BCUT2D eigenvalue weighted by Gasteiger charge is -2.25. The smallest absolute Gasteiger partial charge is 0.127 e. The highest BCUT2D eigenvalue weighted by Crippen LogP contribution is 2.21. The Hall–Kier alpha value is -0.640. The molecule has 0 aromatic heterocycles. The summed E-state index contributed by atoms with van der Waals surface area (Å²) in [6.45, 7) is 9.56. The Balaban J connectivity index is 2.73. The fourth-order valence-corrected chi connectivity index (χ4v) is 2.10. The first-order valence-electron chi connectivity index (χ1n) is 7.13. The molecule has 0 saturated carbocycles. The third-order valence-electron chi connectivity index (χ3n) is 2.91. The van der Waals surface area contributed by atoms with Gasteiger partial charge in [0.1, 0.15) is 5.82 Å². The lowest BCUT2D eigenvalue weighted by molar-refractivity contribution is -0.0144. The summed E-state index contributed by atoms with van der Waals surface area (Å²) in [5, 5.41) is 3.87. The van der Waals surface area contributed by atoms with Crippen LogP contribution in [0.3, 0.4) is 0 Å². The van der Waals surface area contributed by atoms with Gasteiger partial charge in [-0.05, 0) is 52.3 Å². The Morgan fingerprint density at radius 2 is 2.05 bits per heavy atom. The van der Waals surface area contributed by atoms with Crippen molar-refractivity contribution in [2.75, 3.05) is 13.2 Å². The largest absolute Gasteiger partial charge is 0.374 e. The molecule has 0 radical (unpaired) electrons. The van der Waals surface area contributed by atoms with E-state index in [9.17, 15) is 4.39 Å². The summed E-state index contributed by atoms with van der Waals surface area (Å²) < 4.78 is 19.7. The van der Waals surface area contributed by atoms with E-state index in [1.54, 1.807) is 12.1 Å². The van der Waals surface area contributed by atoms with Crippen molar-refractivity contribution in [1.29, 1.82) is 0 Å². The maximum Gasteiger partial charge on any atom is 0.127 e. The molecule has 1 N–H and O–H groups in total. The number of ether oxygens (including phenoxy) is 1. The van der Waals surface area contributed by atoms with E-state index in [4.69, 9.17) is 16.3 Å². The lowest BCUT2D eigenvalue weighted by Crippen LogP contribution is -2.39. The van der Waals surface area contributed by atoms with Crippen LogP contribution >= 0.6 is 11.6 Å². The van der Waals surface area contributed by atoms with Crippen LogP contribution in [0.5, 0.6) is 0 Å². The molecule has 4 heteroatoms. The van der Waals surface area contributed by atoms with Gasteiger partial charge in [0.2, 0.25) is 0 Å². The van der Waals surface area contributed by atoms with E-state index in [1.807, 2.05) is 20.8 Å². The Labute approximate surface area is 126 Å². The predicted octanol–water partition coefficient (Wildman–Crippen LogP) is 4.20. The van der Waals surface area contributed by atoms with Crippen molar-refractivity contribution in [3.8, 4) is 0 Å². The molecule has 0 amide bonds. The Bertz CT molecular complexity index is 397. The van der Waals surface area contributed by atoms with Gasteiger partial charge in [0.15, 0.2) is 0 Å². The minimum atomic E-state index is -0.253. The second-order valence-corrected chi connectivity index (χ2v) is 6.39. The molecule has 114 valence electrons. The first-order chi connectivity index (χ1) is 9.33. The van der Waals surface area contributed by atoms with Crippen LogP contribution in [0, 0.1) is 5.82 Å². The zero-order chi connectivity index (χ0) is 15.2. The molecule has 0 saturated heterocycles. The van der Waals surface area contributed by atoms with Crippen molar-refractivity contribution < 1.29 is 9.13 Å². The van der Waals surface area contributed by atoms with Gasteiger partial charge in [0.25, 0.3) is 0 Å². The number of hydrogen-bond acceptors (Lipinski definition) is 2. The molecule has 0 heterocycles. The summed E-state index contributed by atoms with van der Waals surface area (Å²) in [5.41, 5.74) is 0.353. The van der Waals surface area contributed by atoms with Crippen molar-refractivity contribution in [3.05, 3.63) is 34.6 Å². The third-order valence-corrected chi connectivity index (χ3v) is 3.27. The van der Waals surface area contributed by atoms with E-state index >= 15 is 0 Å². The van der Waals surface area contributed by atoms with Gasteiger partial charge >= 0.3 is 0 Å². The van der Waals surface area contributed by atoms with Crippen molar-refractivity contribution >= 4 is 11.6 Å². The quantitative estimate of drug-likeness (QED) is 0.815. The summed E-state index contributed by atoms with van der Waals surface area (Å²) >= 11 is 6.09. The Morgan fingerprint density at radius 1 is 1.35 bits per heavy atom. The minimum absolute atomic E-state index is 0.0589. The molecular formula is C16H25ClFNO. The Kier molecular flexibility index (Phi) is 6.93. The topological polar surface area (TPSA) is 21.3 Å². The molecule has 0 fully saturated rings. The van der Waals surface area contributed by atoms with Crippen molar-refractivity contribution in [2.45, 2.75) is 52.2 Å². The molecule has 0 aliphatic heterocycles. The fourth-order valence-electron chi connectivity index (χ4n) is 1.86. The highest BCUT2D eigenvalue weighted by atomic mass is 35.5. The van der Waals surface area contributed by atoms with Crippen LogP contribution in [-0.2, 0) is 11.2 Å². The minimum Gasteiger partial charge on any atom is -0.374 e. The maximum absolute atomic E-state index is 13.9. The molecule has 1 aromatic carbocycles. The molecule has 0 bridgehead atoms. The van der Waals surface area contributed by atoms with Gasteiger partial charge in [-0.1, -0.05) is 24.6 Å². The zero-order valence-electron chi connectivity index (χ0n) is 12.8. The third kappa shape index (κ3) is 6.21. The first kappa shape index (κ1) is 17.4. The molecule has 1 rings (SSSR count). The molecule has 1 atom stereocenters. The monoisotopic (exact) mass is 301 g/mol. The van der Waals surface area contributed by atoms with Gasteiger partial charge in [0, 0.05) is 16.6 Å². The summed E-state index contributed by atoms with van der Waals surface area (Å²) in [4.78, 5) is 0. The number of hydrogen-bond donors (Lipinski definition) is 1. The molecule has 1 unspecified atom stereocenters. The van der Waals surface area contributed by atoms with Crippen LogP contribution in [-0.4, -0.2) is 24.8 Å². The molecule has 0 aliphatic rings. The molecule has 0 aliphatic carbocycles. The number of halogens is 2. The molecule has 20 heavy (non-hydrogen) atoms. The van der Waals surface area contributed by atoms with Crippen molar-refractivity contribution in [3.63, 3.8) is 0 Å². The standard InChI is InChI=1S/C16H25ClFNO/c1-5-9-19-12(11-20-16(2,3)4)10-13-14(17)7-6-8-15(13)18/h6-8,12,19H,5,9-11H2,1-4H3. The van der Waals surface area contributed by atoms with Gasteiger partial charge in [-0.2, -0.15) is 0 Å². The average Bonchev–Trinajstić information content (AvgIpc) is 2.35. The first-order valence-corrected chi connectivity index (χ1v) is 7.51. The normalized spacial score (nSPS) is 13.5. The van der Waals surface area contributed by atoms with Crippen LogP contribution in [0.4, 0.5) is 4.39 Å². The predicted molar refractivity (Wildman–Crippen MR) is 82.9 cm³/mol. The summed E-state index contributed by atoms with van der Waals surface area (Å²) in [6.07, 6.45) is 1.55. The highest BCUT2D eigenvalue weighted by molar-refractivity contribution is 6.31. The van der Waals surface area contributed by atoms with Crippen LogP contribution in [0.25, 0.3) is 0 Å². The second kappa shape index (κ2) is 7.96. The van der Waals surface area contributed by atoms with E-state index < -0.39 is 0 Å². The van der Waals surface area contributed by atoms with Crippen LogP contribution in [0.15, 0.2) is 18.2 Å². The van der Waals surface area contributed by atoms with Crippen LogP contribution in [0.2, 0.25) is 5.02 Å². The van der Waals surface area contributed by atoms with Gasteiger partial charge in [0.05, 0.1) is 12.2 Å².